The van der Waals surface area contributed by atoms with Gasteiger partial charge in [0.2, 0.25) is 0 Å². The van der Waals surface area contributed by atoms with Crippen LogP contribution in [-0.2, 0) is 13.0 Å². The molecule has 0 saturated carbocycles. The van der Waals surface area contributed by atoms with E-state index >= 15 is 0 Å². The zero-order valence-corrected chi connectivity index (χ0v) is 17.3. The molecule has 1 aliphatic rings. The number of hydrogen-bond acceptors (Lipinski definition) is 5. The van der Waals surface area contributed by atoms with E-state index in [4.69, 9.17) is 38.7 Å². The number of thiazole rings is 1. The third-order valence-corrected chi connectivity index (χ3v) is 6.59. The van der Waals surface area contributed by atoms with Crippen LogP contribution in [0.2, 0.25) is 10.0 Å². The number of nitrogens with two attached hydrogens (primary N) is 1. The lowest BCUT2D eigenvalue weighted by molar-refractivity contribution is 0.329. The number of ether oxygens (including phenoxy) is 1. The molecule has 5 rings (SSSR count). The van der Waals surface area contributed by atoms with Crippen LogP contribution in [0.25, 0.3) is 21.1 Å². The monoisotopic (exact) mass is 432 g/mol. The maximum Gasteiger partial charge on any atom is 0.186 e. The van der Waals surface area contributed by atoms with Gasteiger partial charge in [-0.3, -0.25) is 0 Å². The van der Waals surface area contributed by atoms with E-state index in [0.29, 0.717) is 18.2 Å². The van der Waals surface area contributed by atoms with Gasteiger partial charge in [0.25, 0.3) is 0 Å². The van der Waals surface area contributed by atoms with Crippen molar-refractivity contribution in [2.24, 2.45) is 5.73 Å². The average molecular weight is 433 g/mol. The van der Waals surface area contributed by atoms with Gasteiger partial charge in [0, 0.05) is 40.8 Å². The molecular weight excluding hydrogens is 415 g/mol. The van der Waals surface area contributed by atoms with E-state index in [1.54, 1.807) is 17.4 Å². The molecule has 3 N–H and O–H groups in total. The molecule has 8 heteroatoms. The van der Waals surface area contributed by atoms with Gasteiger partial charge in [-0.05, 0) is 36.2 Å². The van der Waals surface area contributed by atoms with Crippen LogP contribution < -0.4 is 15.4 Å². The van der Waals surface area contributed by atoms with E-state index in [9.17, 15) is 0 Å². The van der Waals surface area contributed by atoms with Crippen molar-refractivity contribution >= 4 is 60.8 Å². The molecule has 2 aromatic carbocycles. The van der Waals surface area contributed by atoms with Gasteiger partial charge in [0.1, 0.15) is 17.9 Å². The zero-order valence-electron chi connectivity index (χ0n) is 15.0. The number of H-pyrrole nitrogens is 1. The molecule has 0 atom stereocenters. The summed E-state index contributed by atoms with van der Waals surface area (Å²) in [6.07, 6.45) is 0.949. The standard InChI is InChI=1S/C20H18Cl2N4OS/c21-11-1-2-16-14(7-11)13-3-5-26(10-17(13)24-16)20-25-19-15(22)8-12(27-6-4-23)9-18(19)28-20/h1-2,7-9,24H,3-6,10,23H2. The Morgan fingerprint density at radius 2 is 2.14 bits per heavy atom. The number of rotatable bonds is 4. The number of nitrogens with zero attached hydrogens (tertiary/aromatic N) is 2. The summed E-state index contributed by atoms with van der Waals surface area (Å²) in [5.74, 6) is 0.728. The summed E-state index contributed by atoms with van der Waals surface area (Å²) in [4.78, 5) is 10.6. The van der Waals surface area contributed by atoms with Crippen molar-refractivity contribution in [2.45, 2.75) is 13.0 Å². The average Bonchev–Trinajstić information content (AvgIpc) is 3.27. The highest BCUT2D eigenvalue weighted by molar-refractivity contribution is 7.22. The molecule has 0 aliphatic carbocycles. The predicted octanol–water partition coefficient (Wildman–Crippen LogP) is 4.98. The first-order valence-corrected chi connectivity index (χ1v) is 10.7. The van der Waals surface area contributed by atoms with Crippen LogP contribution in [0.15, 0.2) is 30.3 Å². The van der Waals surface area contributed by atoms with Crippen molar-refractivity contribution in [2.75, 3.05) is 24.6 Å². The van der Waals surface area contributed by atoms with Crippen LogP contribution in [0.3, 0.4) is 0 Å². The minimum Gasteiger partial charge on any atom is -0.492 e. The van der Waals surface area contributed by atoms with E-state index in [-0.39, 0.29) is 0 Å². The summed E-state index contributed by atoms with van der Waals surface area (Å²) in [5.41, 5.74) is 10.0. The maximum absolute atomic E-state index is 6.44. The SMILES string of the molecule is NCCOc1cc(Cl)c2nc(N3CCc4c([nH]c5ccc(Cl)cc45)C3)sc2c1. The molecule has 2 aromatic heterocycles. The Balaban J connectivity index is 1.47. The molecule has 0 saturated heterocycles. The van der Waals surface area contributed by atoms with Gasteiger partial charge < -0.3 is 20.4 Å². The summed E-state index contributed by atoms with van der Waals surface area (Å²) in [7, 11) is 0. The number of hydrogen-bond donors (Lipinski definition) is 2. The fraction of sp³-hybridized carbons (Fsp3) is 0.250. The second-order valence-corrected chi connectivity index (χ2v) is 8.68. The van der Waals surface area contributed by atoms with Crippen molar-refractivity contribution < 1.29 is 4.74 Å². The predicted molar refractivity (Wildman–Crippen MR) is 117 cm³/mol. The fourth-order valence-electron chi connectivity index (χ4n) is 3.72. The van der Waals surface area contributed by atoms with E-state index < -0.39 is 0 Å². The van der Waals surface area contributed by atoms with E-state index in [2.05, 4.69) is 9.88 Å². The maximum atomic E-state index is 6.44. The number of nitrogens with one attached hydrogen (secondary N) is 1. The van der Waals surface area contributed by atoms with Crippen molar-refractivity contribution in [1.82, 2.24) is 9.97 Å². The Labute approximate surface area is 176 Å². The lowest BCUT2D eigenvalue weighted by Crippen LogP contribution is -2.29. The lowest BCUT2D eigenvalue weighted by atomic mass is 10.0. The number of fused-ring (bicyclic) bond motifs is 4. The number of aromatic amines is 1. The third-order valence-electron chi connectivity index (χ3n) is 5.01. The summed E-state index contributed by atoms with van der Waals surface area (Å²) in [6, 6.07) is 9.80. The molecule has 4 aromatic rings. The molecule has 0 spiro atoms. The van der Waals surface area contributed by atoms with Gasteiger partial charge in [0.15, 0.2) is 5.13 Å². The molecule has 0 unspecified atom stereocenters. The van der Waals surface area contributed by atoms with Crippen LogP contribution in [0.4, 0.5) is 5.13 Å². The first-order valence-electron chi connectivity index (χ1n) is 9.09. The van der Waals surface area contributed by atoms with E-state index in [1.165, 1.54) is 16.6 Å². The largest absolute Gasteiger partial charge is 0.492 e. The van der Waals surface area contributed by atoms with Gasteiger partial charge >= 0.3 is 0 Å². The first-order chi connectivity index (χ1) is 13.6. The Kier molecular flexibility index (Phi) is 4.59. The molecule has 0 amide bonds. The second-order valence-electron chi connectivity index (χ2n) is 6.83. The quantitative estimate of drug-likeness (QED) is 0.476. The Morgan fingerprint density at radius 3 is 3.00 bits per heavy atom. The lowest BCUT2D eigenvalue weighted by Gasteiger charge is -2.26. The topological polar surface area (TPSA) is 67.2 Å². The van der Waals surface area contributed by atoms with Crippen molar-refractivity contribution in [1.29, 1.82) is 0 Å². The number of benzene rings is 2. The van der Waals surface area contributed by atoms with E-state index in [1.807, 2.05) is 24.3 Å². The fourth-order valence-corrected chi connectivity index (χ4v) is 5.25. The highest BCUT2D eigenvalue weighted by Gasteiger charge is 2.23. The third kappa shape index (κ3) is 3.10. The first kappa shape index (κ1) is 18.1. The zero-order chi connectivity index (χ0) is 19.3. The Hall–Kier alpha value is -1.99. The minimum atomic E-state index is 0.465. The van der Waals surface area contributed by atoms with Crippen LogP contribution in [0.5, 0.6) is 5.75 Å². The minimum absolute atomic E-state index is 0.465. The van der Waals surface area contributed by atoms with Gasteiger partial charge in [-0.1, -0.05) is 34.5 Å². The van der Waals surface area contributed by atoms with Crippen LogP contribution in [0, 0.1) is 0 Å². The molecule has 5 nitrogen and oxygen atoms in total. The summed E-state index contributed by atoms with van der Waals surface area (Å²) >= 11 is 14.3. The van der Waals surface area contributed by atoms with Crippen molar-refractivity contribution in [3.05, 3.63) is 51.6 Å². The Bertz CT molecular complexity index is 1190. The van der Waals surface area contributed by atoms with Gasteiger partial charge in [-0.2, -0.15) is 0 Å². The van der Waals surface area contributed by atoms with E-state index in [0.717, 1.165) is 51.1 Å². The molecule has 3 heterocycles. The normalized spacial score (nSPS) is 14.0. The van der Waals surface area contributed by atoms with Gasteiger partial charge in [-0.25, -0.2) is 4.98 Å². The van der Waals surface area contributed by atoms with Gasteiger partial charge in [0.05, 0.1) is 16.3 Å². The molecule has 1 aliphatic heterocycles. The smallest absolute Gasteiger partial charge is 0.186 e. The van der Waals surface area contributed by atoms with Gasteiger partial charge in [-0.15, -0.1) is 0 Å². The number of halogens is 2. The van der Waals surface area contributed by atoms with Crippen molar-refractivity contribution in [3.8, 4) is 5.75 Å². The molecule has 0 fully saturated rings. The molecule has 0 bridgehead atoms. The second kappa shape index (κ2) is 7.12. The molecule has 144 valence electrons. The summed E-state index contributed by atoms with van der Waals surface area (Å²) in [6.45, 7) is 2.62. The van der Waals surface area contributed by atoms with Crippen LogP contribution >= 0.6 is 34.5 Å². The summed E-state index contributed by atoms with van der Waals surface area (Å²) in [5, 5.41) is 3.56. The van der Waals surface area contributed by atoms with Crippen LogP contribution in [-0.4, -0.2) is 29.7 Å². The highest BCUT2D eigenvalue weighted by atomic mass is 35.5. The van der Waals surface area contributed by atoms with Crippen molar-refractivity contribution in [3.63, 3.8) is 0 Å². The molecule has 0 radical (unpaired) electrons. The number of aromatic nitrogens is 2. The molecule has 28 heavy (non-hydrogen) atoms. The van der Waals surface area contributed by atoms with Crippen LogP contribution in [0.1, 0.15) is 11.3 Å². The Morgan fingerprint density at radius 1 is 1.25 bits per heavy atom. The highest BCUT2D eigenvalue weighted by Crippen LogP contribution is 2.38. The molecular formula is C20H18Cl2N4OS. The summed E-state index contributed by atoms with van der Waals surface area (Å²) < 4.78 is 6.65. The number of anilines is 1.